The molecular weight excluding hydrogens is 271 g/mol. The molecule has 1 aliphatic rings. The normalized spacial score (nSPS) is 14.1. The second-order valence-corrected chi connectivity index (χ2v) is 5.36. The SMILES string of the molecule is FC(F)(F)c1ccc2c(c1)NCc1ccccc1S2. The van der Waals surface area contributed by atoms with Gasteiger partial charge in [0.15, 0.2) is 0 Å². The molecule has 2 aromatic carbocycles. The first-order valence-electron chi connectivity index (χ1n) is 5.75. The van der Waals surface area contributed by atoms with Gasteiger partial charge in [0, 0.05) is 22.0 Å². The molecule has 0 fully saturated rings. The largest absolute Gasteiger partial charge is 0.416 e. The van der Waals surface area contributed by atoms with E-state index >= 15 is 0 Å². The molecule has 0 saturated carbocycles. The number of fused-ring (bicyclic) bond motifs is 2. The van der Waals surface area contributed by atoms with Crippen molar-refractivity contribution in [2.45, 2.75) is 22.5 Å². The van der Waals surface area contributed by atoms with E-state index in [0.29, 0.717) is 12.2 Å². The van der Waals surface area contributed by atoms with Crippen LogP contribution in [-0.4, -0.2) is 0 Å². The highest BCUT2D eigenvalue weighted by molar-refractivity contribution is 7.99. The molecule has 0 atom stereocenters. The van der Waals surface area contributed by atoms with Crippen LogP contribution in [0.2, 0.25) is 0 Å². The molecule has 2 aromatic rings. The summed E-state index contributed by atoms with van der Waals surface area (Å²) in [7, 11) is 0. The first kappa shape index (κ1) is 12.4. The van der Waals surface area contributed by atoms with E-state index in [1.54, 1.807) is 0 Å². The molecule has 0 radical (unpaired) electrons. The fraction of sp³-hybridized carbons (Fsp3) is 0.143. The third-order valence-electron chi connectivity index (χ3n) is 2.97. The number of rotatable bonds is 0. The zero-order valence-electron chi connectivity index (χ0n) is 9.79. The van der Waals surface area contributed by atoms with Crippen molar-refractivity contribution >= 4 is 17.4 Å². The summed E-state index contributed by atoms with van der Waals surface area (Å²) >= 11 is 1.49. The Balaban J connectivity index is 2.02. The quantitative estimate of drug-likeness (QED) is 0.745. The maximum atomic E-state index is 12.7. The number of alkyl halides is 3. The lowest BCUT2D eigenvalue weighted by atomic mass is 10.2. The van der Waals surface area contributed by atoms with Gasteiger partial charge in [-0.05, 0) is 29.8 Å². The third-order valence-corrected chi connectivity index (χ3v) is 4.16. The fourth-order valence-corrected chi connectivity index (χ4v) is 3.02. The molecule has 0 aliphatic carbocycles. The molecule has 98 valence electrons. The third kappa shape index (κ3) is 2.42. The maximum absolute atomic E-state index is 12.7. The van der Waals surface area contributed by atoms with Crippen LogP contribution in [0.4, 0.5) is 18.9 Å². The summed E-state index contributed by atoms with van der Waals surface area (Å²) in [6.45, 7) is 0.539. The van der Waals surface area contributed by atoms with Crippen LogP contribution in [0, 0.1) is 0 Å². The Bertz CT molecular complexity index is 622. The summed E-state index contributed by atoms with van der Waals surface area (Å²) in [5, 5.41) is 3.07. The van der Waals surface area contributed by atoms with Crippen molar-refractivity contribution in [3.63, 3.8) is 0 Å². The minimum absolute atomic E-state index is 0.538. The molecule has 1 aliphatic heterocycles. The van der Waals surface area contributed by atoms with Gasteiger partial charge in [0.25, 0.3) is 0 Å². The van der Waals surface area contributed by atoms with Gasteiger partial charge in [-0.25, -0.2) is 0 Å². The lowest BCUT2D eigenvalue weighted by Crippen LogP contribution is -2.06. The van der Waals surface area contributed by atoms with Crippen LogP contribution >= 0.6 is 11.8 Å². The monoisotopic (exact) mass is 281 g/mol. The molecule has 1 nitrogen and oxygen atoms in total. The summed E-state index contributed by atoms with van der Waals surface area (Å²) in [4.78, 5) is 1.89. The van der Waals surface area contributed by atoms with Crippen LogP contribution < -0.4 is 5.32 Å². The maximum Gasteiger partial charge on any atom is 0.416 e. The molecule has 0 amide bonds. The zero-order valence-corrected chi connectivity index (χ0v) is 10.6. The number of halogens is 3. The lowest BCUT2D eigenvalue weighted by molar-refractivity contribution is -0.137. The first-order valence-corrected chi connectivity index (χ1v) is 6.56. The van der Waals surface area contributed by atoms with E-state index in [-0.39, 0.29) is 0 Å². The Morgan fingerprint density at radius 3 is 2.58 bits per heavy atom. The van der Waals surface area contributed by atoms with Crippen LogP contribution in [0.5, 0.6) is 0 Å². The number of nitrogens with one attached hydrogen (secondary N) is 1. The molecular formula is C14H10F3NS. The van der Waals surface area contributed by atoms with Crippen molar-refractivity contribution in [3.05, 3.63) is 53.6 Å². The van der Waals surface area contributed by atoms with Gasteiger partial charge in [0.05, 0.1) is 5.56 Å². The molecule has 3 rings (SSSR count). The van der Waals surface area contributed by atoms with Gasteiger partial charge in [-0.2, -0.15) is 13.2 Å². The van der Waals surface area contributed by atoms with Gasteiger partial charge in [-0.3, -0.25) is 0 Å². The predicted molar refractivity (Wildman–Crippen MR) is 69.3 cm³/mol. The number of anilines is 1. The predicted octanol–water partition coefficient (Wildman–Crippen LogP) is 4.78. The van der Waals surface area contributed by atoms with Crippen molar-refractivity contribution in [3.8, 4) is 0 Å². The number of hydrogen-bond donors (Lipinski definition) is 1. The van der Waals surface area contributed by atoms with E-state index in [4.69, 9.17) is 0 Å². The Morgan fingerprint density at radius 2 is 1.79 bits per heavy atom. The molecule has 0 aromatic heterocycles. The van der Waals surface area contributed by atoms with Crippen molar-refractivity contribution < 1.29 is 13.2 Å². The van der Waals surface area contributed by atoms with E-state index in [0.717, 1.165) is 21.4 Å². The molecule has 0 bridgehead atoms. The Hall–Kier alpha value is -1.62. The van der Waals surface area contributed by atoms with Gasteiger partial charge in [-0.15, -0.1) is 0 Å². The second kappa shape index (κ2) is 4.49. The van der Waals surface area contributed by atoms with E-state index in [1.165, 1.54) is 23.9 Å². The second-order valence-electron chi connectivity index (χ2n) is 4.27. The van der Waals surface area contributed by atoms with Crippen LogP contribution in [0.15, 0.2) is 52.3 Å². The van der Waals surface area contributed by atoms with Gasteiger partial charge in [-0.1, -0.05) is 30.0 Å². The molecule has 5 heteroatoms. The minimum Gasteiger partial charge on any atom is -0.380 e. The summed E-state index contributed by atoms with van der Waals surface area (Å²) in [6.07, 6.45) is -4.31. The molecule has 0 unspecified atom stereocenters. The van der Waals surface area contributed by atoms with Crippen molar-refractivity contribution in [1.29, 1.82) is 0 Å². The first-order chi connectivity index (χ1) is 9.04. The van der Waals surface area contributed by atoms with Gasteiger partial charge in [0.2, 0.25) is 0 Å². The highest BCUT2D eigenvalue weighted by atomic mass is 32.2. The summed E-state index contributed by atoms with van der Waals surface area (Å²) in [5.74, 6) is 0. The fourth-order valence-electron chi connectivity index (χ4n) is 1.99. The molecule has 0 spiro atoms. The van der Waals surface area contributed by atoms with Crippen LogP contribution in [0.3, 0.4) is 0 Å². The van der Waals surface area contributed by atoms with Crippen molar-refractivity contribution in [1.82, 2.24) is 0 Å². The Kier molecular flexibility index (Phi) is 2.93. The van der Waals surface area contributed by atoms with Crippen LogP contribution in [0.25, 0.3) is 0 Å². The highest BCUT2D eigenvalue weighted by Crippen LogP contribution is 2.41. The summed E-state index contributed by atoms with van der Waals surface area (Å²) < 4.78 is 38.1. The van der Waals surface area contributed by atoms with Crippen molar-refractivity contribution in [2.75, 3.05) is 5.32 Å². The standard InChI is InChI=1S/C14H10F3NS/c15-14(16,17)10-5-6-13-11(7-10)18-8-9-3-1-2-4-12(9)19-13/h1-7,18H,8H2. The van der Waals surface area contributed by atoms with Crippen LogP contribution in [-0.2, 0) is 12.7 Å². The van der Waals surface area contributed by atoms with E-state index in [9.17, 15) is 13.2 Å². The highest BCUT2D eigenvalue weighted by Gasteiger charge is 2.31. The van der Waals surface area contributed by atoms with E-state index < -0.39 is 11.7 Å². The average Bonchev–Trinajstić information content (AvgIpc) is 2.55. The van der Waals surface area contributed by atoms with Gasteiger partial charge >= 0.3 is 6.18 Å². The lowest BCUT2D eigenvalue weighted by Gasteiger charge is -2.11. The summed E-state index contributed by atoms with van der Waals surface area (Å²) in [5.41, 5.74) is 1.01. The number of benzene rings is 2. The average molecular weight is 281 g/mol. The molecule has 1 N–H and O–H groups in total. The van der Waals surface area contributed by atoms with E-state index in [1.807, 2.05) is 24.3 Å². The van der Waals surface area contributed by atoms with Gasteiger partial charge < -0.3 is 5.32 Å². The van der Waals surface area contributed by atoms with Gasteiger partial charge in [0.1, 0.15) is 0 Å². The smallest absolute Gasteiger partial charge is 0.380 e. The Morgan fingerprint density at radius 1 is 1.00 bits per heavy atom. The Labute approximate surface area is 112 Å². The zero-order chi connectivity index (χ0) is 13.5. The van der Waals surface area contributed by atoms with E-state index in [2.05, 4.69) is 5.32 Å². The molecule has 19 heavy (non-hydrogen) atoms. The molecule has 0 saturated heterocycles. The minimum atomic E-state index is -4.31. The topological polar surface area (TPSA) is 12.0 Å². The van der Waals surface area contributed by atoms with Crippen LogP contribution in [0.1, 0.15) is 11.1 Å². The summed E-state index contributed by atoms with van der Waals surface area (Å²) in [6, 6.07) is 11.6. The number of hydrogen-bond acceptors (Lipinski definition) is 2. The molecule has 1 heterocycles. The van der Waals surface area contributed by atoms with Crippen molar-refractivity contribution in [2.24, 2.45) is 0 Å².